The van der Waals surface area contributed by atoms with Crippen molar-refractivity contribution in [2.45, 2.75) is 179 Å². The van der Waals surface area contributed by atoms with Crippen LogP contribution in [0.4, 0.5) is 0 Å². The molecule has 0 bridgehead atoms. The Kier molecular flexibility index (Phi) is 34.7. The van der Waals surface area contributed by atoms with Crippen LogP contribution >= 0.6 is 0 Å². The summed E-state index contributed by atoms with van der Waals surface area (Å²) in [6, 6.07) is 0. The Labute approximate surface area is 373 Å². The molecule has 0 saturated carbocycles. The minimum atomic E-state index is -4.63. The first-order chi connectivity index (χ1) is 30.0. The number of hydrogen-bond acceptors (Lipinski definition) is 11. The van der Waals surface area contributed by atoms with E-state index in [1.807, 2.05) is 24.3 Å². The van der Waals surface area contributed by atoms with E-state index in [1.54, 1.807) is 12.2 Å². The number of esters is 2. The number of aliphatic hydroxyl groups is 3. The lowest BCUT2D eigenvalue weighted by molar-refractivity contribution is -0.297. The molecule has 0 aromatic carbocycles. The first-order valence-electron chi connectivity index (χ1n) is 22.8. The Hall–Kier alpha value is -3.43. The summed E-state index contributed by atoms with van der Waals surface area (Å²) < 4.78 is 53.8. The van der Waals surface area contributed by atoms with Crippen molar-refractivity contribution >= 4 is 22.1 Å². The summed E-state index contributed by atoms with van der Waals surface area (Å²) in [6.45, 7) is 3.46. The van der Waals surface area contributed by atoms with Crippen LogP contribution < -0.4 is 0 Å². The van der Waals surface area contributed by atoms with Crippen molar-refractivity contribution in [3.63, 3.8) is 0 Å². The summed E-state index contributed by atoms with van der Waals surface area (Å²) in [7, 11) is -4.63. The molecule has 0 aliphatic carbocycles. The summed E-state index contributed by atoms with van der Waals surface area (Å²) in [5, 5.41) is 30.9. The zero-order valence-electron chi connectivity index (χ0n) is 37.4. The summed E-state index contributed by atoms with van der Waals surface area (Å²) in [5.74, 6) is -2.37. The van der Waals surface area contributed by atoms with Crippen molar-refractivity contribution in [3.8, 4) is 0 Å². The van der Waals surface area contributed by atoms with Crippen LogP contribution in [0.2, 0.25) is 0 Å². The highest BCUT2D eigenvalue weighted by Gasteiger charge is 2.46. The smallest absolute Gasteiger partial charge is 0.330 e. The number of aliphatic hydroxyl groups excluding tert-OH is 3. The first kappa shape index (κ1) is 56.6. The highest BCUT2D eigenvalue weighted by molar-refractivity contribution is 7.85. The fraction of sp³-hybridized carbons (Fsp3) is 0.633. The molecule has 4 N–H and O–H groups in total. The highest BCUT2D eigenvalue weighted by atomic mass is 32.2. The molecular formula is C49H78O12S. The second-order valence-electron chi connectivity index (χ2n) is 15.4. The predicted molar refractivity (Wildman–Crippen MR) is 247 cm³/mol. The Morgan fingerprint density at radius 1 is 0.613 bits per heavy atom. The van der Waals surface area contributed by atoms with E-state index < -0.39 is 77.8 Å². The van der Waals surface area contributed by atoms with Crippen LogP contribution in [0.25, 0.3) is 0 Å². The molecule has 0 radical (unpaired) electrons. The second kappa shape index (κ2) is 38.1. The van der Waals surface area contributed by atoms with Gasteiger partial charge in [0.25, 0.3) is 10.1 Å². The minimum absolute atomic E-state index is 0.0142. The van der Waals surface area contributed by atoms with Gasteiger partial charge < -0.3 is 34.3 Å². The third-order valence-corrected chi connectivity index (χ3v) is 10.5. The fourth-order valence-corrected chi connectivity index (χ4v) is 6.95. The molecule has 6 atom stereocenters. The van der Waals surface area contributed by atoms with Gasteiger partial charge in [-0.1, -0.05) is 169 Å². The molecule has 1 fully saturated rings. The third kappa shape index (κ3) is 32.3. The molecule has 1 aliphatic heterocycles. The molecule has 1 aliphatic rings. The lowest BCUT2D eigenvalue weighted by atomic mass is 10.00. The summed E-state index contributed by atoms with van der Waals surface area (Å²) in [5.41, 5.74) is 0. The number of carbonyl (C=O) groups excluding carboxylic acids is 2. The number of ether oxygens (including phenoxy) is 4. The van der Waals surface area contributed by atoms with Gasteiger partial charge in [0, 0.05) is 12.5 Å². The lowest BCUT2D eigenvalue weighted by Gasteiger charge is -2.40. The van der Waals surface area contributed by atoms with E-state index in [2.05, 4.69) is 68.5 Å². The van der Waals surface area contributed by atoms with Crippen LogP contribution in [0.15, 0.2) is 97.2 Å². The average Bonchev–Trinajstić information content (AvgIpc) is 3.24. The molecule has 13 heteroatoms. The van der Waals surface area contributed by atoms with Crippen LogP contribution in [0.3, 0.4) is 0 Å². The Morgan fingerprint density at radius 2 is 1.13 bits per heavy atom. The van der Waals surface area contributed by atoms with Crippen LogP contribution in [-0.4, -0.2) is 96.0 Å². The number of allylic oxidation sites excluding steroid dienone is 15. The Bertz CT molecular complexity index is 1510. The highest BCUT2D eigenvalue weighted by Crippen LogP contribution is 2.24. The molecule has 1 saturated heterocycles. The molecule has 62 heavy (non-hydrogen) atoms. The van der Waals surface area contributed by atoms with Crippen molar-refractivity contribution < 1.29 is 56.8 Å². The lowest BCUT2D eigenvalue weighted by Crippen LogP contribution is -2.60. The largest absolute Gasteiger partial charge is 0.458 e. The van der Waals surface area contributed by atoms with E-state index in [-0.39, 0.29) is 6.42 Å². The summed E-state index contributed by atoms with van der Waals surface area (Å²) in [6.07, 6.45) is 42.4. The molecule has 0 aromatic rings. The van der Waals surface area contributed by atoms with E-state index in [9.17, 15) is 37.9 Å². The monoisotopic (exact) mass is 891 g/mol. The zero-order valence-corrected chi connectivity index (χ0v) is 38.2. The quantitative estimate of drug-likeness (QED) is 0.0117. The number of hydrogen-bond donors (Lipinski definition) is 4. The molecule has 2 unspecified atom stereocenters. The molecule has 352 valence electrons. The fourth-order valence-electron chi connectivity index (χ4n) is 6.26. The van der Waals surface area contributed by atoms with Crippen molar-refractivity contribution in [2.75, 3.05) is 19.0 Å². The predicted octanol–water partition coefficient (Wildman–Crippen LogP) is 9.44. The molecule has 0 amide bonds. The van der Waals surface area contributed by atoms with E-state index in [4.69, 9.17) is 18.9 Å². The first-order valence-corrected chi connectivity index (χ1v) is 24.4. The van der Waals surface area contributed by atoms with Gasteiger partial charge in [0.2, 0.25) is 0 Å². The molecule has 12 nitrogen and oxygen atoms in total. The van der Waals surface area contributed by atoms with E-state index >= 15 is 0 Å². The molecule has 0 aromatic heterocycles. The van der Waals surface area contributed by atoms with E-state index in [1.165, 1.54) is 70.3 Å². The summed E-state index contributed by atoms with van der Waals surface area (Å²) in [4.78, 5) is 25.3. The van der Waals surface area contributed by atoms with Crippen molar-refractivity contribution in [3.05, 3.63) is 97.2 Å². The van der Waals surface area contributed by atoms with Gasteiger partial charge in [0.05, 0.1) is 6.61 Å². The average molecular weight is 891 g/mol. The van der Waals surface area contributed by atoms with Crippen molar-refractivity contribution in [2.24, 2.45) is 0 Å². The minimum Gasteiger partial charge on any atom is -0.458 e. The van der Waals surface area contributed by atoms with Crippen molar-refractivity contribution in [1.82, 2.24) is 0 Å². The van der Waals surface area contributed by atoms with Crippen molar-refractivity contribution in [1.29, 1.82) is 0 Å². The maximum atomic E-state index is 12.8. The third-order valence-electron chi connectivity index (χ3n) is 9.76. The standard InChI is InChI=1S/C49H78O12S/c1-3-5-7-9-11-13-15-17-19-20-21-22-24-26-28-30-32-34-36-38-45(51)60-42(40-59-49-48(54)47(53)46(52)43(61-49)41-62(55,56)57)39-58-44(50)37-35-33-31-29-27-25-23-18-16-14-12-10-8-6-4-2/h5,7,11,13,17,19,21-22,26,28,31-35,37,42-43,46-49,52-54H,3-4,6,8-10,12,14-16,18,20,23-25,27,29-30,36,38-41H2,1-2H3,(H,55,56,57)/b7-5+,13-11+,19-17+,22-21+,28-26+,33-31+,34-32+,37-35+/t42-,43-,46-,47?,48?,49+/m1/s1. The zero-order chi connectivity index (χ0) is 45.5. The Balaban J connectivity index is 2.56. The van der Waals surface area contributed by atoms with E-state index in [0.29, 0.717) is 12.8 Å². The van der Waals surface area contributed by atoms with Gasteiger partial charge >= 0.3 is 11.9 Å². The van der Waals surface area contributed by atoms with Gasteiger partial charge in [-0.25, -0.2) is 4.79 Å². The topological polar surface area (TPSA) is 186 Å². The van der Waals surface area contributed by atoms with Gasteiger partial charge in [-0.05, 0) is 57.8 Å². The number of unbranched alkanes of at least 4 members (excludes halogenated alkanes) is 11. The SMILES string of the molecule is CC/C=C/C/C=C/C/C=C/C/C=C/C/C=C/C/C=C/CCC(=O)O[C@H](COC(=O)/C=C/C=C/CCCCCCCCCCCCC)CO[C@H]1O[C@H](CS(=O)(=O)O)[C@@H](O)C(O)C1O. The Morgan fingerprint density at radius 3 is 1.66 bits per heavy atom. The number of rotatable bonds is 36. The van der Waals surface area contributed by atoms with Gasteiger partial charge in [0.1, 0.15) is 36.8 Å². The van der Waals surface area contributed by atoms with Gasteiger partial charge in [-0.2, -0.15) is 8.42 Å². The van der Waals surface area contributed by atoms with E-state index in [0.717, 1.165) is 44.9 Å². The second-order valence-corrected chi connectivity index (χ2v) is 16.9. The summed E-state index contributed by atoms with van der Waals surface area (Å²) >= 11 is 0. The van der Waals surface area contributed by atoms with Gasteiger partial charge in [-0.15, -0.1) is 0 Å². The van der Waals surface area contributed by atoms with Crippen LogP contribution in [-0.2, 0) is 38.7 Å². The van der Waals surface area contributed by atoms with Crippen LogP contribution in [0, 0.1) is 0 Å². The maximum absolute atomic E-state index is 12.8. The molecular weight excluding hydrogens is 813 g/mol. The van der Waals surface area contributed by atoms with Crippen LogP contribution in [0.1, 0.15) is 142 Å². The van der Waals surface area contributed by atoms with Gasteiger partial charge in [0.15, 0.2) is 12.4 Å². The molecule has 0 spiro atoms. The van der Waals surface area contributed by atoms with Crippen LogP contribution in [0.5, 0.6) is 0 Å². The van der Waals surface area contributed by atoms with Gasteiger partial charge in [-0.3, -0.25) is 9.35 Å². The molecule has 1 rings (SSSR count). The number of carbonyl (C=O) groups is 2. The molecule has 1 heterocycles. The maximum Gasteiger partial charge on any atom is 0.330 e. The normalized spacial score (nSPS) is 20.8.